The maximum atomic E-state index is 14.3. The molecule has 2 aliphatic carbocycles. The third-order valence-electron chi connectivity index (χ3n) is 9.79. The van der Waals surface area contributed by atoms with E-state index in [2.05, 4.69) is 23.1 Å². The van der Waals surface area contributed by atoms with Crippen molar-refractivity contribution >= 4 is 35.0 Å². The number of rotatable bonds is 13. The zero-order valence-electron chi connectivity index (χ0n) is 27.7. The number of carbonyl (C=O) groups excluding carboxylic acids is 3. The van der Waals surface area contributed by atoms with Crippen LogP contribution in [0.5, 0.6) is 11.6 Å². The summed E-state index contributed by atoms with van der Waals surface area (Å²) in [5, 5.41) is 0. The van der Waals surface area contributed by atoms with Crippen LogP contribution in [-0.4, -0.2) is 71.7 Å². The molecule has 0 unspecified atom stereocenters. The minimum atomic E-state index is -0.875. The first-order chi connectivity index (χ1) is 22.0. The number of hydrogen-bond acceptors (Lipinski definition) is 9. The van der Waals surface area contributed by atoms with E-state index >= 15 is 0 Å². The summed E-state index contributed by atoms with van der Waals surface area (Å²) in [6.07, 6.45) is 8.16. The monoisotopic (exact) mass is 633 g/mol. The van der Waals surface area contributed by atoms with Gasteiger partial charge < -0.3 is 23.8 Å². The van der Waals surface area contributed by atoms with E-state index in [9.17, 15) is 14.4 Å². The number of allylic oxidation sites excluding steroid dienone is 1. The van der Waals surface area contributed by atoms with E-state index in [0.717, 1.165) is 32.1 Å². The van der Waals surface area contributed by atoms with Crippen LogP contribution in [0, 0.1) is 29.1 Å². The molecule has 3 fully saturated rings. The van der Waals surface area contributed by atoms with Gasteiger partial charge in [0.05, 0.1) is 44.1 Å². The van der Waals surface area contributed by atoms with Crippen molar-refractivity contribution in [2.24, 2.45) is 29.1 Å². The van der Waals surface area contributed by atoms with Crippen molar-refractivity contribution in [2.75, 3.05) is 20.8 Å². The number of benzene rings is 1. The summed E-state index contributed by atoms with van der Waals surface area (Å²) in [4.78, 5) is 51.5. The maximum absolute atomic E-state index is 14.3. The van der Waals surface area contributed by atoms with E-state index in [-0.39, 0.29) is 43.2 Å². The van der Waals surface area contributed by atoms with Gasteiger partial charge in [-0.2, -0.15) is 0 Å². The van der Waals surface area contributed by atoms with Gasteiger partial charge in [0, 0.05) is 12.5 Å². The summed E-state index contributed by atoms with van der Waals surface area (Å²) in [6, 6.07) is 4.49. The van der Waals surface area contributed by atoms with Gasteiger partial charge >= 0.3 is 11.9 Å². The number of ether oxygens (including phenoxy) is 4. The predicted octanol–water partition coefficient (Wildman–Crippen LogP) is 5.78. The highest BCUT2D eigenvalue weighted by Crippen LogP contribution is 2.57. The number of fused-ring (bicyclic) bond motifs is 2. The van der Waals surface area contributed by atoms with Gasteiger partial charge in [-0.15, -0.1) is 6.58 Å². The summed E-state index contributed by atoms with van der Waals surface area (Å²) < 4.78 is 22.9. The number of aromatic nitrogens is 2. The van der Waals surface area contributed by atoms with Crippen molar-refractivity contribution in [3.05, 3.63) is 43.1 Å². The van der Waals surface area contributed by atoms with Crippen LogP contribution in [0.3, 0.4) is 0 Å². The molecule has 1 aromatic heterocycles. The van der Waals surface area contributed by atoms with E-state index in [1.54, 1.807) is 31.4 Å². The van der Waals surface area contributed by atoms with Crippen molar-refractivity contribution < 1.29 is 33.3 Å². The van der Waals surface area contributed by atoms with Crippen LogP contribution in [0.1, 0.15) is 71.4 Å². The number of nitrogens with zero attached hydrogens (tertiary/aromatic N) is 3. The molecule has 0 N–H and O–H groups in total. The van der Waals surface area contributed by atoms with Crippen LogP contribution < -0.4 is 9.47 Å². The lowest BCUT2D eigenvalue weighted by Crippen LogP contribution is -2.48. The molecule has 0 radical (unpaired) electrons. The summed E-state index contributed by atoms with van der Waals surface area (Å²) in [7, 11) is 2.87. The maximum Gasteiger partial charge on any atom is 0.328 e. The highest BCUT2D eigenvalue weighted by Gasteiger charge is 2.55. The Kier molecular flexibility index (Phi) is 10.0. The molecule has 0 spiro atoms. The lowest BCUT2D eigenvalue weighted by Gasteiger charge is -2.34. The van der Waals surface area contributed by atoms with Gasteiger partial charge in [-0.1, -0.05) is 33.4 Å². The Hall–Kier alpha value is -3.95. The molecule has 7 atom stereocenters. The number of likely N-dealkylation sites (tertiary alicyclic amines) is 1. The lowest BCUT2D eigenvalue weighted by molar-refractivity contribution is -0.160. The summed E-state index contributed by atoms with van der Waals surface area (Å²) in [5.74, 6) is 0.387. The molecule has 1 amide bonds. The normalized spacial score (nSPS) is 25.8. The molecule has 3 aliphatic rings. The fraction of sp³-hybridized carbons (Fsp3) is 0.583. The minimum absolute atomic E-state index is 0.0654. The van der Waals surface area contributed by atoms with Crippen molar-refractivity contribution in [1.82, 2.24) is 14.9 Å². The number of unbranched alkanes of at least 4 members (excludes halogenated alkanes) is 1. The highest BCUT2D eigenvalue weighted by molar-refractivity contribution is 5.89. The van der Waals surface area contributed by atoms with Crippen LogP contribution in [-0.2, 0) is 23.9 Å². The first kappa shape index (κ1) is 33.4. The third-order valence-corrected chi connectivity index (χ3v) is 9.79. The quantitative estimate of drug-likeness (QED) is 0.154. The Bertz CT molecular complexity index is 1480. The van der Waals surface area contributed by atoms with Gasteiger partial charge in [0.2, 0.25) is 11.8 Å². The van der Waals surface area contributed by atoms with E-state index < -0.39 is 29.4 Å². The van der Waals surface area contributed by atoms with Crippen molar-refractivity contribution in [1.29, 1.82) is 0 Å². The second-order valence-electron chi connectivity index (χ2n) is 13.9. The van der Waals surface area contributed by atoms with Crippen LogP contribution in [0.25, 0.3) is 17.1 Å². The zero-order valence-corrected chi connectivity index (χ0v) is 27.7. The Labute approximate surface area is 271 Å². The van der Waals surface area contributed by atoms with E-state index in [1.807, 2.05) is 26.8 Å². The summed E-state index contributed by atoms with van der Waals surface area (Å²) >= 11 is 0. The molecule has 10 nitrogen and oxygen atoms in total. The molecule has 1 aromatic carbocycles. The van der Waals surface area contributed by atoms with Crippen molar-refractivity contribution in [2.45, 2.75) is 84.0 Å². The molecule has 2 aromatic rings. The van der Waals surface area contributed by atoms with Crippen LogP contribution in [0.15, 0.2) is 37.4 Å². The van der Waals surface area contributed by atoms with Crippen molar-refractivity contribution in [3.63, 3.8) is 0 Å². The molecular formula is C36H47N3O7. The number of hydrogen-bond donors (Lipinski definition) is 0. The van der Waals surface area contributed by atoms with E-state index in [1.165, 1.54) is 12.0 Å². The zero-order chi connectivity index (χ0) is 33.2. The van der Waals surface area contributed by atoms with Crippen LogP contribution >= 0.6 is 0 Å². The Morgan fingerprint density at radius 2 is 1.87 bits per heavy atom. The van der Waals surface area contributed by atoms with Gasteiger partial charge in [-0.3, -0.25) is 9.59 Å². The number of methoxy groups -OCH3 is 2. The van der Waals surface area contributed by atoms with Crippen LogP contribution in [0.2, 0.25) is 0 Å². The van der Waals surface area contributed by atoms with Gasteiger partial charge in [-0.05, 0) is 73.5 Å². The first-order valence-electron chi connectivity index (χ1n) is 16.3. The lowest BCUT2D eigenvalue weighted by atomic mass is 9.77. The number of carbonyl (C=O) groups is 3. The Morgan fingerprint density at radius 1 is 1.09 bits per heavy atom. The molecule has 2 heterocycles. The second-order valence-corrected chi connectivity index (χ2v) is 13.9. The second kappa shape index (κ2) is 13.8. The number of amides is 1. The van der Waals surface area contributed by atoms with E-state index in [4.69, 9.17) is 18.9 Å². The molecule has 0 bridgehead atoms. The topological polar surface area (TPSA) is 117 Å². The largest absolute Gasteiger partial charge is 0.497 e. The molecule has 2 saturated carbocycles. The average Bonchev–Trinajstić information content (AvgIpc) is 3.54. The van der Waals surface area contributed by atoms with Gasteiger partial charge in [0.25, 0.3) is 0 Å². The van der Waals surface area contributed by atoms with Crippen LogP contribution in [0.4, 0.5) is 0 Å². The molecule has 5 rings (SSSR count). The smallest absolute Gasteiger partial charge is 0.328 e. The molecule has 248 valence electrons. The standard InChI is InChI=1S/C36H47N3O7/c1-8-10-11-12-21-15-22-16-25(22)32(21)46-31(40)19-26(36(3,4)5)34(41)39-20-24(18-30(39)35(42)44-7)45-33-27(9-2)37-28-14-13-23(43-6)17-29(28)38-33/h8-9,13-14,17,21-22,24-26,30,32H,1-2,10-12,15-16,18-20H2,3-7H3/t21-,22+,24-,25-,26-,30+,32+/m1/s1. The van der Waals surface area contributed by atoms with Gasteiger partial charge in [0.15, 0.2) is 0 Å². The molecular weight excluding hydrogens is 586 g/mol. The third kappa shape index (κ3) is 7.21. The van der Waals surface area contributed by atoms with Gasteiger partial charge in [0.1, 0.15) is 29.7 Å². The van der Waals surface area contributed by atoms with Crippen molar-refractivity contribution in [3.8, 4) is 11.6 Å². The summed E-state index contributed by atoms with van der Waals surface area (Å²) in [5.41, 5.74) is 1.09. The highest BCUT2D eigenvalue weighted by atomic mass is 16.5. The molecule has 10 heteroatoms. The Balaban J connectivity index is 1.32. The molecule has 46 heavy (non-hydrogen) atoms. The number of esters is 2. The predicted molar refractivity (Wildman–Crippen MR) is 174 cm³/mol. The fourth-order valence-electron chi connectivity index (χ4n) is 7.16. The fourth-order valence-corrected chi connectivity index (χ4v) is 7.16. The Morgan fingerprint density at radius 3 is 2.54 bits per heavy atom. The van der Waals surface area contributed by atoms with Gasteiger partial charge in [-0.25, -0.2) is 14.8 Å². The summed E-state index contributed by atoms with van der Waals surface area (Å²) in [6.45, 7) is 13.6. The SMILES string of the molecule is C=CCCC[C@@H]1C[C@H]2C[C@H]2[C@H]1OC(=O)C[C@H](C(=O)N1C[C@H](Oc2nc3cc(OC)ccc3nc2C=C)C[C@H]1C(=O)OC)C(C)(C)C. The van der Waals surface area contributed by atoms with E-state index in [0.29, 0.717) is 40.2 Å². The molecule has 1 aliphatic heterocycles. The minimum Gasteiger partial charge on any atom is -0.497 e. The molecule has 1 saturated heterocycles. The average molecular weight is 634 g/mol. The first-order valence-corrected chi connectivity index (χ1v) is 16.3.